The number of hydrogen-bond donors (Lipinski definition) is 1. The van der Waals surface area contributed by atoms with Gasteiger partial charge in [-0.25, -0.2) is 0 Å². The first-order chi connectivity index (χ1) is 9.16. The lowest BCUT2D eigenvalue weighted by Gasteiger charge is -2.12. The quantitative estimate of drug-likeness (QED) is 0.909. The highest BCUT2D eigenvalue weighted by Crippen LogP contribution is 2.12. The van der Waals surface area contributed by atoms with Crippen LogP contribution in [0.3, 0.4) is 0 Å². The number of amides is 1. The Kier molecular flexibility index (Phi) is 4.18. The van der Waals surface area contributed by atoms with E-state index in [2.05, 4.69) is 5.32 Å². The van der Waals surface area contributed by atoms with Crippen LogP contribution in [0.25, 0.3) is 0 Å². The average Bonchev–Trinajstić information content (AvgIpc) is 2.46. The van der Waals surface area contributed by atoms with Crippen LogP contribution in [0.4, 0.5) is 5.69 Å². The smallest absolute Gasteiger partial charge is 0.251 e. The number of hydrogen-bond acceptors (Lipinski definition) is 2. The first-order valence-electron chi connectivity index (χ1n) is 6.26. The third-order valence-corrected chi connectivity index (χ3v) is 2.94. The van der Waals surface area contributed by atoms with E-state index in [9.17, 15) is 4.79 Å². The van der Waals surface area contributed by atoms with Crippen molar-refractivity contribution in [3.05, 3.63) is 65.7 Å². The van der Waals surface area contributed by atoms with Crippen molar-refractivity contribution in [2.75, 3.05) is 19.0 Å². The molecule has 0 unspecified atom stereocenters. The van der Waals surface area contributed by atoms with Gasteiger partial charge in [0.1, 0.15) is 0 Å². The van der Waals surface area contributed by atoms with Crippen molar-refractivity contribution < 1.29 is 4.79 Å². The van der Waals surface area contributed by atoms with Crippen LogP contribution >= 0.6 is 0 Å². The van der Waals surface area contributed by atoms with Crippen LogP contribution in [-0.2, 0) is 6.54 Å². The molecule has 98 valence electrons. The average molecular weight is 254 g/mol. The summed E-state index contributed by atoms with van der Waals surface area (Å²) >= 11 is 0. The van der Waals surface area contributed by atoms with Crippen LogP contribution in [0.15, 0.2) is 54.6 Å². The predicted octanol–water partition coefficient (Wildman–Crippen LogP) is 2.68. The van der Waals surface area contributed by atoms with Gasteiger partial charge in [-0.1, -0.05) is 30.3 Å². The van der Waals surface area contributed by atoms with Crippen LogP contribution in [-0.4, -0.2) is 20.0 Å². The van der Waals surface area contributed by atoms with E-state index < -0.39 is 0 Å². The standard InChI is InChI=1S/C16H18N2O/c1-18(2)15-10-8-14(9-11-15)16(19)17-12-13-6-4-3-5-7-13/h3-11H,12H2,1-2H3,(H,17,19). The highest BCUT2D eigenvalue weighted by Gasteiger charge is 2.05. The summed E-state index contributed by atoms with van der Waals surface area (Å²) in [5.74, 6) is -0.0471. The molecule has 1 amide bonds. The third kappa shape index (κ3) is 3.58. The number of rotatable bonds is 4. The summed E-state index contributed by atoms with van der Waals surface area (Å²) in [5.41, 5.74) is 2.86. The molecule has 0 spiro atoms. The van der Waals surface area contributed by atoms with Gasteiger partial charge < -0.3 is 10.2 Å². The van der Waals surface area contributed by atoms with Crippen molar-refractivity contribution in [2.45, 2.75) is 6.54 Å². The number of benzene rings is 2. The molecule has 2 aromatic rings. The lowest BCUT2D eigenvalue weighted by Crippen LogP contribution is -2.22. The Balaban J connectivity index is 1.96. The Morgan fingerprint density at radius 3 is 2.21 bits per heavy atom. The molecular weight excluding hydrogens is 236 g/mol. The molecule has 1 N–H and O–H groups in total. The highest BCUT2D eigenvalue weighted by atomic mass is 16.1. The molecule has 0 aliphatic carbocycles. The van der Waals surface area contributed by atoms with Crippen LogP contribution in [0.2, 0.25) is 0 Å². The predicted molar refractivity (Wildman–Crippen MR) is 78.4 cm³/mol. The molecule has 0 aliphatic heterocycles. The lowest BCUT2D eigenvalue weighted by atomic mass is 10.1. The molecule has 19 heavy (non-hydrogen) atoms. The summed E-state index contributed by atoms with van der Waals surface area (Å²) in [7, 11) is 3.95. The van der Waals surface area contributed by atoms with Gasteiger partial charge in [0.15, 0.2) is 0 Å². The maximum absolute atomic E-state index is 12.0. The van der Waals surface area contributed by atoms with Crippen molar-refractivity contribution in [3.63, 3.8) is 0 Å². The second-order valence-corrected chi connectivity index (χ2v) is 4.61. The van der Waals surface area contributed by atoms with Gasteiger partial charge in [0, 0.05) is 31.9 Å². The summed E-state index contributed by atoms with van der Waals surface area (Å²) in [6.45, 7) is 0.551. The third-order valence-electron chi connectivity index (χ3n) is 2.94. The van der Waals surface area contributed by atoms with Crippen LogP contribution in [0.5, 0.6) is 0 Å². The Hall–Kier alpha value is -2.29. The number of carbonyl (C=O) groups excluding carboxylic acids is 1. The maximum Gasteiger partial charge on any atom is 0.251 e. The van der Waals surface area contributed by atoms with Crippen molar-refractivity contribution in [3.8, 4) is 0 Å². The number of anilines is 1. The van der Waals surface area contributed by atoms with Gasteiger partial charge in [-0.15, -0.1) is 0 Å². The summed E-state index contributed by atoms with van der Waals surface area (Å²) < 4.78 is 0. The lowest BCUT2D eigenvalue weighted by molar-refractivity contribution is 0.0951. The Labute approximate surface area is 113 Å². The number of carbonyl (C=O) groups is 1. The topological polar surface area (TPSA) is 32.3 Å². The first-order valence-corrected chi connectivity index (χ1v) is 6.26. The summed E-state index contributed by atoms with van der Waals surface area (Å²) in [6, 6.07) is 17.5. The molecule has 3 heteroatoms. The molecule has 0 fully saturated rings. The normalized spacial score (nSPS) is 10.0. The molecule has 0 aliphatic rings. The molecule has 0 saturated heterocycles. The fourth-order valence-corrected chi connectivity index (χ4v) is 1.79. The minimum atomic E-state index is -0.0471. The van der Waals surface area contributed by atoms with Crippen molar-refractivity contribution in [2.24, 2.45) is 0 Å². The molecule has 0 atom stereocenters. The molecule has 0 radical (unpaired) electrons. The first kappa shape index (κ1) is 13.1. The van der Waals surface area contributed by atoms with E-state index in [0.29, 0.717) is 12.1 Å². The molecule has 0 aromatic heterocycles. The van der Waals surface area contributed by atoms with Gasteiger partial charge >= 0.3 is 0 Å². The summed E-state index contributed by atoms with van der Waals surface area (Å²) in [5, 5.41) is 2.91. The second kappa shape index (κ2) is 6.05. The van der Waals surface area contributed by atoms with E-state index >= 15 is 0 Å². The van der Waals surface area contributed by atoms with Gasteiger partial charge in [-0.05, 0) is 29.8 Å². The number of nitrogens with zero attached hydrogens (tertiary/aromatic N) is 1. The van der Waals surface area contributed by atoms with E-state index in [1.54, 1.807) is 0 Å². The zero-order chi connectivity index (χ0) is 13.7. The summed E-state index contributed by atoms with van der Waals surface area (Å²) in [4.78, 5) is 14.0. The van der Waals surface area contributed by atoms with Crippen LogP contribution in [0, 0.1) is 0 Å². The molecule has 0 saturated carbocycles. The van der Waals surface area contributed by atoms with Crippen LogP contribution in [0.1, 0.15) is 15.9 Å². The Morgan fingerprint density at radius 1 is 1.00 bits per heavy atom. The Bertz CT molecular complexity index is 532. The molecule has 0 bridgehead atoms. The van der Waals surface area contributed by atoms with Crippen LogP contribution < -0.4 is 10.2 Å². The van der Waals surface area contributed by atoms with E-state index in [1.807, 2.05) is 73.6 Å². The molecule has 2 aromatic carbocycles. The largest absolute Gasteiger partial charge is 0.378 e. The maximum atomic E-state index is 12.0. The van der Waals surface area contributed by atoms with Gasteiger partial charge in [0.05, 0.1) is 0 Å². The van der Waals surface area contributed by atoms with Gasteiger partial charge in [-0.2, -0.15) is 0 Å². The zero-order valence-electron chi connectivity index (χ0n) is 11.3. The minimum Gasteiger partial charge on any atom is -0.378 e. The molecule has 2 rings (SSSR count). The molecule has 0 heterocycles. The fraction of sp³-hybridized carbons (Fsp3) is 0.188. The SMILES string of the molecule is CN(C)c1ccc(C(=O)NCc2ccccc2)cc1. The summed E-state index contributed by atoms with van der Waals surface area (Å²) in [6.07, 6.45) is 0. The van der Waals surface area contributed by atoms with Crippen molar-refractivity contribution >= 4 is 11.6 Å². The molecular formula is C16H18N2O. The Morgan fingerprint density at radius 2 is 1.63 bits per heavy atom. The van der Waals surface area contributed by atoms with Crippen molar-refractivity contribution in [1.29, 1.82) is 0 Å². The minimum absolute atomic E-state index is 0.0471. The van der Waals surface area contributed by atoms with E-state index in [4.69, 9.17) is 0 Å². The monoisotopic (exact) mass is 254 g/mol. The number of nitrogens with one attached hydrogen (secondary N) is 1. The molecule has 3 nitrogen and oxygen atoms in total. The van der Waals surface area contributed by atoms with Gasteiger partial charge in [0.2, 0.25) is 0 Å². The van der Waals surface area contributed by atoms with E-state index in [1.165, 1.54) is 0 Å². The van der Waals surface area contributed by atoms with Gasteiger partial charge in [0.25, 0.3) is 5.91 Å². The highest BCUT2D eigenvalue weighted by molar-refractivity contribution is 5.94. The van der Waals surface area contributed by atoms with Gasteiger partial charge in [-0.3, -0.25) is 4.79 Å². The van der Waals surface area contributed by atoms with E-state index in [0.717, 1.165) is 11.3 Å². The van der Waals surface area contributed by atoms with Crippen molar-refractivity contribution in [1.82, 2.24) is 5.32 Å². The second-order valence-electron chi connectivity index (χ2n) is 4.61. The zero-order valence-corrected chi connectivity index (χ0v) is 11.3. The fourth-order valence-electron chi connectivity index (χ4n) is 1.79. The van der Waals surface area contributed by atoms with E-state index in [-0.39, 0.29) is 5.91 Å².